The molecule has 2 aromatic rings. The van der Waals surface area contributed by atoms with Gasteiger partial charge in [-0.15, -0.1) is 5.10 Å². The van der Waals surface area contributed by atoms with Gasteiger partial charge in [-0.05, 0) is 44.5 Å². The number of halogens is 1. The minimum atomic E-state index is 0.778. The average Bonchev–Trinajstić information content (AvgIpc) is 2.84. The first kappa shape index (κ1) is 14.4. The molecule has 2 rings (SSSR count). The number of nitrogens with zero attached hydrogens (tertiary/aromatic N) is 5. The smallest absolute Gasteiger partial charge is 0.209 e. The van der Waals surface area contributed by atoms with Crippen LogP contribution < -0.4 is 5.32 Å². The lowest BCUT2D eigenvalue weighted by Crippen LogP contribution is -2.20. The first-order valence-corrected chi connectivity index (χ1v) is 7.76. The summed E-state index contributed by atoms with van der Waals surface area (Å²) in [6.07, 6.45) is 3.62. The van der Waals surface area contributed by atoms with Gasteiger partial charge in [-0.1, -0.05) is 18.7 Å². The van der Waals surface area contributed by atoms with Crippen molar-refractivity contribution in [1.29, 1.82) is 0 Å². The van der Waals surface area contributed by atoms with E-state index in [4.69, 9.17) is 0 Å². The van der Waals surface area contributed by atoms with Crippen LogP contribution in [0.5, 0.6) is 0 Å². The number of thioether (sulfide) groups is 1. The van der Waals surface area contributed by atoms with Gasteiger partial charge >= 0.3 is 0 Å². The number of hydrogen-bond donors (Lipinski definition) is 1. The van der Waals surface area contributed by atoms with Crippen molar-refractivity contribution in [3.8, 4) is 0 Å². The van der Waals surface area contributed by atoms with E-state index < -0.39 is 0 Å². The highest BCUT2D eigenvalue weighted by Gasteiger charge is 2.07. The van der Waals surface area contributed by atoms with Crippen molar-refractivity contribution >= 4 is 27.7 Å². The monoisotopic (exact) mass is 342 g/mol. The second-order valence-corrected chi connectivity index (χ2v) is 5.70. The molecule has 2 aromatic heterocycles. The summed E-state index contributed by atoms with van der Waals surface area (Å²) < 4.78 is 2.80. The summed E-state index contributed by atoms with van der Waals surface area (Å²) in [5.41, 5.74) is 1.14. The van der Waals surface area contributed by atoms with Gasteiger partial charge in [0.2, 0.25) is 5.16 Å². The van der Waals surface area contributed by atoms with Crippen LogP contribution in [-0.2, 0) is 12.3 Å². The molecular formula is C11H15BrN6S. The maximum absolute atomic E-state index is 4.14. The van der Waals surface area contributed by atoms with E-state index in [0.29, 0.717) is 0 Å². The molecule has 0 fully saturated rings. The van der Waals surface area contributed by atoms with Crippen LogP contribution in [0.4, 0.5) is 0 Å². The summed E-state index contributed by atoms with van der Waals surface area (Å²) >= 11 is 5.02. The van der Waals surface area contributed by atoms with Crippen molar-refractivity contribution in [1.82, 2.24) is 30.5 Å². The highest BCUT2D eigenvalue weighted by Crippen LogP contribution is 2.21. The molecule has 0 bridgehead atoms. The third-order valence-electron chi connectivity index (χ3n) is 2.38. The Hall–Kier alpha value is -0.990. The zero-order chi connectivity index (χ0) is 13.5. The lowest BCUT2D eigenvalue weighted by molar-refractivity contribution is 0.517. The molecule has 0 saturated carbocycles. The van der Waals surface area contributed by atoms with Crippen molar-refractivity contribution in [2.24, 2.45) is 0 Å². The Morgan fingerprint density at radius 2 is 2.32 bits per heavy atom. The van der Waals surface area contributed by atoms with Gasteiger partial charge in [0.25, 0.3) is 0 Å². The summed E-state index contributed by atoms with van der Waals surface area (Å²) in [7, 11) is 0. The molecule has 0 aliphatic rings. The van der Waals surface area contributed by atoms with Crippen LogP contribution in [0.15, 0.2) is 28.1 Å². The van der Waals surface area contributed by atoms with Crippen LogP contribution in [0.3, 0.4) is 0 Å². The molecule has 1 N–H and O–H groups in total. The highest BCUT2D eigenvalue weighted by atomic mass is 79.9. The highest BCUT2D eigenvalue weighted by molar-refractivity contribution is 9.10. The number of aromatic nitrogens is 5. The fourth-order valence-electron chi connectivity index (χ4n) is 1.48. The summed E-state index contributed by atoms with van der Waals surface area (Å²) in [5, 5.41) is 15.8. The van der Waals surface area contributed by atoms with Crippen LogP contribution in [0.2, 0.25) is 0 Å². The fourth-order valence-corrected chi connectivity index (χ4v) is 2.72. The van der Waals surface area contributed by atoms with E-state index in [1.54, 1.807) is 18.0 Å². The molecule has 2 heterocycles. The average molecular weight is 343 g/mol. The molecule has 6 nitrogen and oxygen atoms in total. The molecule has 0 atom stereocenters. The standard InChI is InChI=1S/C11H15BrN6S/c1-2-13-3-4-18-11(15-16-17-18)19-8-9-5-10(12)7-14-6-9/h5-7,13H,2-4,8H2,1H3. The Kier molecular flexibility index (Phi) is 5.74. The van der Waals surface area contributed by atoms with E-state index in [2.05, 4.69) is 48.7 Å². The second-order valence-electron chi connectivity index (χ2n) is 3.84. The molecule has 8 heteroatoms. The van der Waals surface area contributed by atoms with Crippen LogP contribution in [-0.4, -0.2) is 38.3 Å². The van der Waals surface area contributed by atoms with Gasteiger partial charge in [-0.25, -0.2) is 4.68 Å². The topological polar surface area (TPSA) is 68.5 Å². The summed E-state index contributed by atoms with van der Waals surface area (Å²) in [4.78, 5) is 4.14. The van der Waals surface area contributed by atoms with E-state index in [1.165, 1.54) is 0 Å². The van der Waals surface area contributed by atoms with Gasteiger partial charge in [-0.3, -0.25) is 4.98 Å². The van der Waals surface area contributed by atoms with Gasteiger partial charge in [0.05, 0.1) is 6.54 Å². The van der Waals surface area contributed by atoms with Gasteiger partial charge in [0.15, 0.2) is 0 Å². The lowest BCUT2D eigenvalue weighted by Gasteiger charge is -2.04. The molecule has 0 aliphatic heterocycles. The summed E-state index contributed by atoms with van der Waals surface area (Å²) in [5.74, 6) is 0.800. The number of hydrogen-bond acceptors (Lipinski definition) is 6. The predicted octanol–water partition coefficient (Wildman–Crippen LogP) is 1.73. The maximum atomic E-state index is 4.14. The molecule has 102 valence electrons. The van der Waals surface area contributed by atoms with Crippen molar-refractivity contribution in [3.05, 3.63) is 28.5 Å². The molecule has 0 aliphatic carbocycles. The van der Waals surface area contributed by atoms with Gasteiger partial charge < -0.3 is 5.32 Å². The maximum Gasteiger partial charge on any atom is 0.209 e. The number of pyridine rings is 1. The van der Waals surface area contributed by atoms with Crippen molar-refractivity contribution in [2.45, 2.75) is 24.4 Å². The zero-order valence-corrected chi connectivity index (χ0v) is 13.0. The molecular weight excluding hydrogens is 328 g/mol. The largest absolute Gasteiger partial charge is 0.315 e. The van der Waals surface area contributed by atoms with E-state index in [1.807, 2.05) is 16.9 Å². The first-order chi connectivity index (χ1) is 9.29. The molecule has 0 aromatic carbocycles. The minimum absolute atomic E-state index is 0.778. The third-order valence-corrected chi connectivity index (χ3v) is 3.84. The summed E-state index contributed by atoms with van der Waals surface area (Å²) in [6, 6.07) is 2.05. The lowest BCUT2D eigenvalue weighted by atomic mass is 10.3. The fraction of sp³-hybridized carbons (Fsp3) is 0.455. The molecule has 0 spiro atoms. The SMILES string of the molecule is CCNCCn1nnnc1SCc1cncc(Br)c1. The Morgan fingerprint density at radius 3 is 3.11 bits per heavy atom. The van der Waals surface area contributed by atoms with Gasteiger partial charge in [0, 0.05) is 29.2 Å². The predicted molar refractivity (Wildman–Crippen MR) is 77.9 cm³/mol. The number of likely N-dealkylation sites (N-methyl/N-ethyl adjacent to an activating group) is 1. The Balaban J connectivity index is 1.90. The molecule has 0 unspecified atom stereocenters. The van der Waals surface area contributed by atoms with Crippen LogP contribution in [0, 0.1) is 0 Å². The number of rotatable bonds is 7. The van der Waals surface area contributed by atoms with E-state index in [9.17, 15) is 0 Å². The number of tetrazole rings is 1. The van der Waals surface area contributed by atoms with Crippen LogP contribution >= 0.6 is 27.7 Å². The number of nitrogens with one attached hydrogen (secondary N) is 1. The normalized spacial score (nSPS) is 10.8. The Labute approximate surface area is 124 Å². The van der Waals surface area contributed by atoms with E-state index in [0.717, 1.165) is 40.6 Å². The van der Waals surface area contributed by atoms with E-state index in [-0.39, 0.29) is 0 Å². The molecule has 0 saturated heterocycles. The van der Waals surface area contributed by atoms with Gasteiger partial charge in [-0.2, -0.15) is 0 Å². The Bertz CT molecular complexity index is 517. The summed E-state index contributed by atoms with van der Waals surface area (Å²) in [6.45, 7) is 4.68. The van der Waals surface area contributed by atoms with Crippen molar-refractivity contribution < 1.29 is 0 Å². The minimum Gasteiger partial charge on any atom is -0.315 e. The van der Waals surface area contributed by atoms with E-state index >= 15 is 0 Å². The quantitative estimate of drug-likeness (QED) is 0.610. The van der Waals surface area contributed by atoms with Crippen molar-refractivity contribution in [3.63, 3.8) is 0 Å². The molecule has 0 amide bonds. The van der Waals surface area contributed by atoms with Gasteiger partial charge in [0.1, 0.15) is 0 Å². The molecule has 19 heavy (non-hydrogen) atoms. The molecule has 0 radical (unpaired) electrons. The van der Waals surface area contributed by atoms with Crippen molar-refractivity contribution in [2.75, 3.05) is 13.1 Å². The first-order valence-electron chi connectivity index (χ1n) is 5.98. The Morgan fingerprint density at radius 1 is 1.42 bits per heavy atom. The third kappa shape index (κ3) is 4.55. The van der Waals surface area contributed by atoms with Crippen LogP contribution in [0.1, 0.15) is 12.5 Å². The zero-order valence-electron chi connectivity index (χ0n) is 10.6. The second kappa shape index (κ2) is 7.56. The van der Waals surface area contributed by atoms with Crippen LogP contribution in [0.25, 0.3) is 0 Å².